The molecule has 3 aromatic carbocycles. The number of hydrogen-bond donors (Lipinski definition) is 2. The minimum Gasteiger partial charge on any atom is -0.341 e. The summed E-state index contributed by atoms with van der Waals surface area (Å²) in [6.07, 6.45) is 3.56. The second kappa shape index (κ2) is 8.30. The molecular formula is C26H24N4O2. The first-order valence-electron chi connectivity index (χ1n) is 10.9. The molecule has 0 unspecified atom stereocenters. The van der Waals surface area contributed by atoms with E-state index in [1.807, 2.05) is 12.1 Å². The van der Waals surface area contributed by atoms with E-state index in [0.717, 1.165) is 24.9 Å². The van der Waals surface area contributed by atoms with Gasteiger partial charge in [0.2, 0.25) is 5.91 Å². The molecule has 1 saturated carbocycles. The van der Waals surface area contributed by atoms with Gasteiger partial charge < -0.3 is 9.88 Å². The highest BCUT2D eigenvalue weighted by molar-refractivity contribution is 6.09. The van der Waals surface area contributed by atoms with Crippen molar-refractivity contribution in [1.29, 1.82) is 0 Å². The molecule has 0 saturated heterocycles. The predicted molar refractivity (Wildman–Crippen MR) is 128 cm³/mol. The van der Waals surface area contributed by atoms with Crippen LogP contribution in [0.4, 0.5) is 5.69 Å². The van der Waals surface area contributed by atoms with Gasteiger partial charge in [-0.1, -0.05) is 24.3 Å². The highest BCUT2D eigenvalue weighted by atomic mass is 16.2. The van der Waals surface area contributed by atoms with Crippen molar-refractivity contribution in [3.05, 3.63) is 77.9 Å². The van der Waals surface area contributed by atoms with Crippen molar-refractivity contribution in [3.63, 3.8) is 0 Å². The van der Waals surface area contributed by atoms with E-state index in [-0.39, 0.29) is 17.7 Å². The maximum Gasteiger partial charge on any atom is 0.271 e. The topological polar surface area (TPSA) is 75.5 Å². The van der Waals surface area contributed by atoms with E-state index in [1.54, 1.807) is 30.5 Å². The zero-order valence-corrected chi connectivity index (χ0v) is 17.8. The number of hydrogen-bond acceptors (Lipinski definition) is 3. The third-order valence-corrected chi connectivity index (χ3v) is 5.86. The van der Waals surface area contributed by atoms with Crippen molar-refractivity contribution < 1.29 is 9.59 Å². The number of nitrogens with zero attached hydrogens (tertiary/aromatic N) is 2. The SMILES string of the molecule is CCn1c2ccccc2c2cc(C=NNC(=O)c3ccc(NC(=O)C4CC4)cc3)ccc21. The molecule has 6 heteroatoms. The van der Waals surface area contributed by atoms with Crippen LogP contribution >= 0.6 is 0 Å². The number of aryl methyl sites for hydroxylation is 1. The van der Waals surface area contributed by atoms with Crippen LogP contribution in [0, 0.1) is 5.92 Å². The lowest BCUT2D eigenvalue weighted by molar-refractivity contribution is -0.117. The van der Waals surface area contributed by atoms with E-state index >= 15 is 0 Å². The molecule has 0 atom stereocenters. The summed E-state index contributed by atoms with van der Waals surface area (Å²) < 4.78 is 2.30. The molecule has 0 aliphatic heterocycles. The fourth-order valence-corrected chi connectivity index (χ4v) is 4.02. The molecule has 2 N–H and O–H groups in total. The normalized spacial score (nSPS) is 13.7. The average Bonchev–Trinajstić information content (AvgIpc) is 3.62. The van der Waals surface area contributed by atoms with Crippen LogP contribution < -0.4 is 10.7 Å². The Labute approximate surface area is 185 Å². The van der Waals surface area contributed by atoms with Gasteiger partial charge in [-0.05, 0) is 67.8 Å². The number of hydrazone groups is 1. The van der Waals surface area contributed by atoms with Crippen molar-refractivity contribution in [2.75, 3.05) is 5.32 Å². The molecule has 1 aliphatic rings. The van der Waals surface area contributed by atoms with Gasteiger partial charge in [0.15, 0.2) is 0 Å². The van der Waals surface area contributed by atoms with Gasteiger partial charge in [-0.3, -0.25) is 9.59 Å². The first-order valence-corrected chi connectivity index (χ1v) is 10.9. The van der Waals surface area contributed by atoms with Gasteiger partial charge in [0.05, 0.1) is 6.21 Å². The lowest BCUT2D eigenvalue weighted by Crippen LogP contribution is -2.18. The molecule has 5 rings (SSSR count). The summed E-state index contributed by atoms with van der Waals surface area (Å²) >= 11 is 0. The van der Waals surface area contributed by atoms with Crippen molar-refractivity contribution in [2.45, 2.75) is 26.3 Å². The van der Waals surface area contributed by atoms with E-state index in [1.165, 1.54) is 21.8 Å². The number of anilines is 1. The van der Waals surface area contributed by atoms with Crippen LogP contribution in [0.3, 0.4) is 0 Å². The lowest BCUT2D eigenvalue weighted by Gasteiger charge is -2.05. The third kappa shape index (κ3) is 3.87. The molecular weight excluding hydrogens is 400 g/mol. The number of fused-ring (bicyclic) bond motifs is 3. The number of carbonyl (C=O) groups is 2. The predicted octanol–water partition coefficient (Wildman–Crippen LogP) is 4.93. The van der Waals surface area contributed by atoms with Crippen LogP contribution in [-0.4, -0.2) is 22.6 Å². The fraction of sp³-hybridized carbons (Fsp3) is 0.192. The smallest absolute Gasteiger partial charge is 0.271 e. The third-order valence-electron chi connectivity index (χ3n) is 5.86. The Hall–Kier alpha value is -3.93. The molecule has 0 bridgehead atoms. The summed E-state index contributed by atoms with van der Waals surface area (Å²) in [6.45, 7) is 3.04. The second-order valence-corrected chi connectivity index (χ2v) is 8.08. The van der Waals surface area contributed by atoms with E-state index in [0.29, 0.717) is 11.3 Å². The van der Waals surface area contributed by atoms with Gasteiger partial charge in [0.25, 0.3) is 5.91 Å². The number of para-hydroxylation sites is 1. The Morgan fingerprint density at radius 3 is 2.50 bits per heavy atom. The summed E-state index contributed by atoms with van der Waals surface area (Å²) in [5.74, 6) is -0.110. The standard InChI is InChI=1S/C26H24N4O2/c1-2-30-23-6-4-3-5-21(23)22-15-17(7-14-24(22)30)16-27-29-26(32)19-10-12-20(13-11-19)28-25(31)18-8-9-18/h3-7,10-16,18H,2,8-9H2,1H3,(H,28,31)(H,29,32). The summed E-state index contributed by atoms with van der Waals surface area (Å²) in [5, 5.41) is 9.37. The summed E-state index contributed by atoms with van der Waals surface area (Å²) in [5.41, 5.74) is 7.06. The molecule has 1 aromatic heterocycles. The average molecular weight is 425 g/mol. The van der Waals surface area contributed by atoms with Gasteiger partial charge in [0.1, 0.15) is 0 Å². The Morgan fingerprint density at radius 1 is 1.00 bits per heavy atom. The highest BCUT2D eigenvalue weighted by Gasteiger charge is 2.29. The van der Waals surface area contributed by atoms with Crippen LogP contribution in [0.2, 0.25) is 0 Å². The van der Waals surface area contributed by atoms with E-state index in [4.69, 9.17) is 0 Å². The number of carbonyl (C=O) groups excluding carboxylic acids is 2. The Balaban J connectivity index is 1.28. The molecule has 1 heterocycles. The van der Waals surface area contributed by atoms with E-state index < -0.39 is 0 Å². The maximum absolute atomic E-state index is 12.4. The quantitative estimate of drug-likeness (QED) is 0.340. The first kappa shape index (κ1) is 20.0. The molecule has 4 aromatic rings. The fourth-order valence-electron chi connectivity index (χ4n) is 4.02. The van der Waals surface area contributed by atoms with Crippen molar-refractivity contribution in [2.24, 2.45) is 11.0 Å². The van der Waals surface area contributed by atoms with Gasteiger partial charge in [-0.2, -0.15) is 5.10 Å². The molecule has 1 fully saturated rings. The van der Waals surface area contributed by atoms with Crippen LogP contribution in [0.25, 0.3) is 21.8 Å². The lowest BCUT2D eigenvalue weighted by atomic mass is 10.1. The molecule has 160 valence electrons. The van der Waals surface area contributed by atoms with Gasteiger partial charge in [0, 0.05) is 45.5 Å². The Bertz CT molecular complexity index is 1350. The number of nitrogens with one attached hydrogen (secondary N) is 2. The molecule has 2 amide bonds. The minimum absolute atomic E-state index is 0.0471. The van der Waals surface area contributed by atoms with Crippen molar-refractivity contribution in [3.8, 4) is 0 Å². The molecule has 32 heavy (non-hydrogen) atoms. The molecule has 0 spiro atoms. The van der Waals surface area contributed by atoms with E-state index in [2.05, 4.69) is 57.7 Å². The Kier molecular flexibility index (Phi) is 5.19. The highest BCUT2D eigenvalue weighted by Crippen LogP contribution is 2.30. The second-order valence-electron chi connectivity index (χ2n) is 8.08. The zero-order valence-electron chi connectivity index (χ0n) is 17.8. The van der Waals surface area contributed by atoms with Crippen LogP contribution in [0.5, 0.6) is 0 Å². The van der Waals surface area contributed by atoms with Gasteiger partial charge in [-0.15, -0.1) is 0 Å². The first-order chi connectivity index (χ1) is 15.6. The summed E-state index contributed by atoms with van der Waals surface area (Å²) in [4.78, 5) is 24.2. The van der Waals surface area contributed by atoms with Crippen molar-refractivity contribution in [1.82, 2.24) is 9.99 Å². The van der Waals surface area contributed by atoms with Crippen molar-refractivity contribution >= 4 is 45.5 Å². The minimum atomic E-state index is -0.301. The van der Waals surface area contributed by atoms with Crippen LogP contribution in [0.1, 0.15) is 35.7 Å². The number of amides is 2. The van der Waals surface area contributed by atoms with E-state index in [9.17, 15) is 9.59 Å². The monoisotopic (exact) mass is 424 g/mol. The summed E-state index contributed by atoms with van der Waals surface area (Å²) in [7, 11) is 0. The van der Waals surface area contributed by atoms with Crippen LogP contribution in [-0.2, 0) is 11.3 Å². The number of benzene rings is 3. The Morgan fingerprint density at radius 2 is 1.75 bits per heavy atom. The largest absolute Gasteiger partial charge is 0.341 e. The molecule has 1 aliphatic carbocycles. The molecule has 6 nitrogen and oxygen atoms in total. The zero-order chi connectivity index (χ0) is 22.1. The summed E-state index contributed by atoms with van der Waals surface area (Å²) in [6, 6.07) is 21.4. The maximum atomic E-state index is 12.4. The number of rotatable bonds is 6. The van der Waals surface area contributed by atoms with Gasteiger partial charge in [-0.25, -0.2) is 5.43 Å². The number of aromatic nitrogens is 1. The van der Waals surface area contributed by atoms with Crippen LogP contribution in [0.15, 0.2) is 71.8 Å². The van der Waals surface area contributed by atoms with Gasteiger partial charge >= 0.3 is 0 Å². The molecule has 0 radical (unpaired) electrons.